The number of carbonyl (C=O) groups is 1. The van der Waals surface area contributed by atoms with Crippen molar-refractivity contribution in [2.45, 2.75) is 19.4 Å². The number of hydrogen-bond acceptors (Lipinski definition) is 3. The van der Waals surface area contributed by atoms with Crippen molar-refractivity contribution in [3.8, 4) is 0 Å². The molecule has 0 fully saturated rings. The van der Waals surface area contributed by atoms with Gasteiger partial charge in [0.25, 0.3) is 0 Å². The molecule has 0 saturated heterocycles. The molecule has 1 atom stereocenters. The number of carbonyl (C=O) groups excluding carboxylic acids is 1. The molecule has 1 aromatic carbocycles. The van der Waals surface area contributed by atoms with Crippen molar-refractivity contribution in [2.75, 3.05) is 18.4 Å². The van der Waals surface area contributed by atoms with Gasteiger partial charge in [-0.15, -0.1) is 0 Å². The van der Waals surface area contributed by atoms with E-state index in [1.165, 1.54) is 11.8 Å². The Labute approximate surface area is 140 Å². The second kappa shape index (κ2) is 6.56. The average molecular weight is 331 g/mol. The third-order valence-corrected chi connectivity index (χ3v) is 4.37. The Morgan fingerprint density at radius 1 is 1.48 bits per heavy atom. The van der Waals surface area contributed by atoms with Crippen LogP contribution in [0.3, 0.4) is 0 Å². The number of fused-ring (bicyclic) bond motifs is 1. The number of nitrogens with two attached hydrogens (primary N) is 1. The molecule has 0 spiro atoms. The van der Waals surface area contributed by atoms with Crippen LogP contribution in [0.1, 0.15) is 22.7 Å². The van der Waals surface area contributed by atoms with Crippen molar-refractivity contribution in [1.29, 1.82) is 0 Å². The molecule has 1 unspecified atom stereocenters. The maximum Gasteiger partial charge on any atom is 0.323 e. The summed E-state index contributed by atoms with van der Waals surface area (Å²) in [6.45, 7) is 2.88. The van der Waals surface area contributed by atoms with E-state index >= 15 is 0 Å². The molecule has 1 aliphatic rings. The molecule has 120 valence electrons. The first-order valence-corrected chi connectivity index (χ1v) is 7.95. The number of hydrogen-bond donors (Lipinski definition) is 2. The topological polar surface area (TPSA) is 71.2 Å². The van der Waals surface area contributed by atoms with Crippen molar-refractivity contribution in [2.24, 2.45) is 5.73 Å². The highest BCUT2D eigenvalue weighted by molar-refractivity contribution is 6.30. The summed E-state index contributed by atoms with van der Waals surface area (Å²) < 4.78 is 0. The molecule has 2 heterocycles. The van der Waals surface area contributed by atoms with Crippen molar-refractivity contribution in [1.82, 2.24) is 9.88 Å². The molecule has 3 rings (SSSR count). The van der Waals surface area contributed by atoms with E-state index in [-0.39, 0.29) is 12.1 Å². The normalized spacial score (nSPS) is 16.8. The zero-order valence-electron chi connectivity index (χ0n) is 12.9. The monoisotopic (exact) mass is 330 g/mol. The van der Waals surface area contributed by atoms with Crippen LogP contribution in [0.4, 0.5) is 10.6 Å². The fraction of sp³-hybridized carbons (Fsp3) is 0.294. The number of benzene rings is 1. The van der Waals surface area contributed by atoms with Crippen molar-refractivity contribution < 1.29 is 4.79 Å². The minimum atomic E-state index is -0.187. The Balaban J connectivity index is 1.82. The first kappa shape index (κ1) is 15.8. The summed E-state index contributed by atoms with van der Waals surface area (Å²) in [5.41, 5.74) is 9.14. The highest BCUT2D eigenvalue weighted by Crippen LogP contribution is 2.29. The Bertz CT molecular complexity index is 734. The number of nitrogens with one attached hydrogen (secondary N) is 1. The largest absolute Gasteiger partial charge is 0.328 e. The van der Waals surface area contributed by atoms with Gasteiger partial charge in [-0.3, -0.25) is 5.32 Å². The second-order valence-corrected chi connectivity index (χ2v) is 6.08. The summed E-state index contributed by atoms with van der Waals surface area (Å²) in [5, 5.41) is 3.41. The molecule has 23 heavy (non-hydrogen) atoms. The van der Waals surface area contributed by atoms with Gasteiger partial charge in [0, 0.05) is 19.3 Å². The number of pyridine rings is 1. The lowest BCUT2D eigenvalue weighted by Crippen LogP contribution is -2.45. The lowest BCUT2D eigenvalue weighted by Gasteiger charge is -2.36. The molecular weight excluding hydrogens is 312 g/mol. The summed E-state index contributed by atoms with van der Waals surface area (Å²) in [6.07, 6.45) is 2.35. The molecule has 2 aromatic rings. The van der Waals surface area contributed by atoms with Gasteiger partial charge in [-0.2, -0.15) is 0 Å². The molecule has 0 bridgehead atoms. The number of aromatic nitrogens is 1. The van der Waals surface area contributed by atoms with Crippen LogP contribution in [0.5, 0.6) is 0 Å². The number of urea groups is 1. The molecule has 6 heteroatoms. The number of rotatable bonds is 2. The lowest BCUT2D eigenvalue weighted by atomic mass is 9.93. The van der Waals surface area contributed by atoms with Crippen molar-refractivity contribution >= 4 is 23.4 Å². The van der Waals surface area contributed by atoms with Gasteiger partial charge in [0.15, 0.2) is 0 Å². The summed E-state index contributed by atoms with van der Waals surface area (Å²) >= 11 is 5.90. The van der Waals surface area contributed by atoms with E-state index in [2.05, 4.69) is 16.4 Å². The Morgan fingerprint density at radius 3 is 3.00 bits per heavy atom. The van der Waals surface area contributed by atoms with Crippen LogP contribution < -0.4 is 11.1 Å². The van der Waals surface area contributed by atoms with Crippen LogP contribution in [0.25, 0.3) is 0 Å². The minimum absolute atomic E-state index is 0.118. The molecule has 5 nitrogen and oxygen atoms in total. The van der Waals surface area contributed by atoms with Gasteiger partial charge < -0.3 is 10.6 Å². The number of amides is 2. The summed E-state index contributed by atoms with van der Waals surface area (Å²) in [6, 6.07) is 9.60. The number of halogens is 1. The smallest absolute Gasteiger partial charge is 0.323 e. The molecule has 3 N–H and O–H groups in total. The Morgan fingerprint density at radius 2 is 2.26 bits per heavy atom. The maximum atomic E-state index is 12.7. The summed E-state index contributed by atoms with van der Waals surface area (Å²) in [5.74, 6) is 0.522. The van der Waals surface area contributed by atoms with Crippen LogP contribution in [-0.4, -0.2) is 29.0 Å². The number of anilines is 1. The van der Waals surface area contributed by atoms with Gasteiger partial charge in [-0.25, -0.2) is 9.78 Å². The van der Waals surface area contributed by atoms with Gasteiger partial charge in [0.05, 0.1) is 11.1 Å². The standard InChI is InChI=1S/C17H19ClN4O/c1-11-8-13(18)10-20-16(11)21-17(23)22-7-6-12-4-2-3-5-14(12)15(22)9-19/h2-5,8,10,15H,6-7,9,19H2,1H3,(H,20,21,23). The zero-order chi connectivity index (χ0) is 16.4. The highest BCUT2D eigenvalue weighted by Gasteiger charge is 2.29. The zero-order valence-corrected chi connectivity index (χ0v) is 13.7. The molecule has 2 amide bonds. The van der Waals surface area contributed by atoms with Crippen LogP contribution >= 0.6 is 11.6 Å². The van der Waals surface area contributed by atoms with E-state index in [9.17, 15) is 4.79 Å². The third kappa shape index (κ3) is 3.16. The molecule has 1 aliphatic heterocycles. The van der Waals surface area contributed by atoms with Gasteiger partial charge in [-0.1, -0.05) is 35.9 Å². The van der Waals surface area contributed by atoms with E-state index in [1.807, 2.05) is 25.1 Å². The molecular formula is C17H19ClN4O. The molecule has 1 aromatic heterocycles. The molecule has 0 radical (unpaired) electrons. The molecule has 0 saturated carbocycles. The lowest BCUT2D eigenvalue weighted by molar-refractivity contribution is 0.184. The maximum absolute atomic E-state index is 12.7. The van der Waals surface area contributed by atoms with E-state index in [0.717, 1.165) is 17.5 Å². The molecule has 0 aliphatic carbocycles. The van der Waals surface area contributed by atoms with Gasteiger partial charge in [0.2, 0.25) is 0 Å². The van der Waals surface area contributed by atoms with Gasteiger partial charge in [-0.05, 0) is 36.1 Å². The first-order chi connectivity index (χ1) is 11.1. The van der Waals surface area contributed by atoms with Crippen LogP contribution in [0.2, 0.25) is 5.02 Å². The third-order valence-electron chi connectivity index (χ3n) is 4.17. The SMILES string of the molecule is Cc1cc(Cl)cnc1NC(=O)N1CCc2ccccc2C1CN. The van der Waals surface area contributed by atoms with Crippen LogP contribution in [0.15, 0.2) is 36.5 Å². The van der Waals surface area contributed by atoms with Crippen LogP contribution in [0, 0.1) is 6.92 Å². The fourth-order valence-electron chi connectivity index (χ4n) is 2.99. The second-order valence-electron chi connectivity index (χ2n) is 5.64. The van der Waals surface area contributed by atoms with Crippen LogP contribution in [-0.2, 0) is 6.42 Å². The fourth-order valence-corrected chi connectivity index (χ4v) is 3.21. The van der Waals surface area contributed by atoms with Crippen molar-refractivity contribution in [3.05, 3.63) is 58.2 Å². The van der Waals surface area contributed by atoms with E-state index in [1.54, 1.807) is 11.0 Å². The average Bonchev–Trinajstić information content (AvgIpc) is 2.56. The number of aryl methyl sites for hydroxylation is 1. The predicted molar refractivity (Wildman–Crippen MR) is 91.7 cm³/mol. The minimum Gasteiger partial charge on any atom is -0.328 e. The predicted octanol–water partition coefficient (Wildman–Crippen LogP) is 3.13. The Kier molecular flexibility index (Phi) is 4.50. The first-order valence-electron chi connectivity index (χ1n) is 7.58. The number of nitrogens with zero attached hydrogens (tertiary/aromatic N) is 2. The summed E-state index contributed by atoms with van der Waals surface area (Å²) in [7, 11) is 0. The van der Waals surface area contributed by atoms with E-state index in [4.69, 9.17) is 17.3 Å². The summed E-state index contributed by atoms with van der Waals surface area (Å²) in [4.78, 5) is 18.6. The Hall–Kier alpha value is -2.11. The van der Waals surface area contributed by atoms with Gasteiger partial charge in [0.1, 0.15) is 5.82 Å². The van der Waals surface area contributed by atoms with Gasteiger partial charge >= 0.3 is 6.03 Å². The van der Waals surface area contributed by atoms with E-state index in [0.29, 0.717) is 23.9 Å². The quantitative estimate of drug-likeness (QED) is 0.888. The highest BCUT2D eigenvalue weighted by atomic mass is 35.5. The van der Waals surface area contributed by atoms with E-state index < -0.39 is 0 Å². The van der Waals surface area contributed by atoms with Crippen molar-refractivity contribution in [3.63, 3.8) is 0 Å².